The maximum absolute atomic E-state index is 12.5. The molecular weight excluding hydrogens is 614 g/mol. The van der Waals surface area contributed by atoms with E-state index in [-0.39, 0.29) is 0 Å². The quantitative estimate of drug-likeness (QED) is 0.158. The molecule has 0 aromatic heterocycles. The number of aliphatic hydroxyl groups is 1. The van der Waals surface area contributed by atoms with Crippen molar-refractivity contribution in [2.75, 3.05) is 14.2 Å². The van der Waals surface area contributed by atoms with Gasteiger partial charge in [-0.05, 0) is 141 Å². The van der Waals surface area contributed by atoms with Crippen molar-refractivity contribution in [1.29, 1.82) is 0 Å². The molecule has 1 aliphatic carbocycles. The van der Waals surface area contributed by atoms with Crippen molar-refractivity contribution in [3.05, 3.63) is 168 Å². The number of hydrogen-bond acceptors (Lipinski definition) is 3. The zero-order chi connectivity index (χ0) is 33.1. The second kappa shape index (κ2) is 14.7. The van der Waals surface area contributed by atoms with Gasteiger partial charge in [-0.25, -0.2) is 0 Å². The largest absolute Gasteiger partial charge is 0.496 e. The molecule has 0 amide bonds. The lowest BCUT2D eigenvalue weighted by molar-refractivity contribution is 0.200. The highest BCUT2D eigenvalue weighted by molar-refractivity contribution is 7.80. The molecule has 1 unspecified atom stereocenters. The van der Waals surface area contributed by atoms with E-state index in [1.807, 2.05) is 6.07 Å². The molecule has 1 aliphatic rings. The molecule has 0 spiro atoms. The number of methoxy groups -OCH3 is 2. The van der Waals surface area contributed by atoms with Crippen molar-refractivity contribution in [3.63, 3.8) is 0 Å². The summed E-state index contributed by atoms with van der Waals surface area (Å²) in [4.78, 5) is 0. The summed E-state index contributed by atoms with van der Waals surface area (Å²) in [5, 5.41) is 18.6. The Hall–Kier alpha value is -3.48. The first kappa shape index (κ1) is 33.4. The lowest BCUT2D eigenvalue weighted by atomic mass is 9.94. The Morgan fingerprint density at radius 1 is 0.532 bits per heavy atom. The second-order valence-electron chi connectivity index (χ2n) is 11.9. The minimum Gasteiger partial charge on any atom is -0.496 e. The molecule has 3 nitrogen and oxygen atoms in total. The van der Waals surface area contributed by atoms with Crippen LogP contribution >= 0.6 is 15.8 Å². The van der Waals surface area contributed by atoms with Crippen LogP contribution in [-0.2, 0) is 0 Å². The average Bonchev–Trinajstić information content (AvgIpc) is 3.55. The third-order valence-electron chi connectivity index (χ3n) is 8.68. The molecule has 5 aromatic carbocycles. The Kier molecular flexibility index (Phi) is 10.5. The van der Waals surface area contributed by atoms with Gasteiger partial charge < -0.3 is 14.6 Å². The van der Waals surface area contributed by atoms with Gasteiger partial charge in [0.1, 0.15) is 11.5 Å². The van der Waals surface area contributed by atoms with Crippen LogP contribution in [0.25, 0.3) is 0 Å². The van der Waals surface area contributed by atoms with Crippen LogP contribution in [0.5, 0.6) is 11.5 Å². The minimum absolute atomic E-state index is 0.806. The van der Waals surface area contributed by atoms with Crippen LogP contribution in [0.2, 0.25) is 0 Å². The van der Waals surface area contributed by atoms with E-state index < -0.39 is 21.9 Å². The third-order valence-corrected chi connectivity index (χ3v) is 13.6. The van der Waals surface area contributed by atoms with Gasteiger partial charge in [0, 0.05) is 11.6 Å². The van der Waals surface area contributed by atoms with Crippen molar-refractivity contribution in [2.24, 2.45) is 0 Å². The Morgan fingerprint density at radius 3 is 1.45 bits per heavy atom. The van der Waals surface area contributed by atoms with Gasteiger partial charge in [0.15, 0.2) is 0 Å². The standard InChI is InChI=1S/C42H41O3P2/c1-28-24-34(25-29(2)41(28)44-5)47(35-26-30(3)42(45-6)31(4)27-35)38-22-14-13-20-36(38)40(43)37-21-15-23-39(37)46(32-16-9-7-10-17-32)33-18-11-8-12-19-33/h7-27,40,43H,1-6H3. The van der Waals surface area contributed by atoms with E-state index in [0.717, 1.165) is 50.5 Å². The van der Waals surface area contributed by atoms with Crippen LogP contribution in [0.1, 0.15) is 33.9 Å². The summed E-state index contributed by atoms with van der Waals surface area (Å²) >= 11 is 0. The monoisotopic (exact) mass is 655 g/mol. The molecule has 1 saturated carbocycles. The van der Waals surface area contributed by atoms with Crippen LogP contribution in [0, 0.1) is 58.5 Å². The smallest absolute Gasteiger partial charge is 0.124 e. The summed E-state index contributed by atoms with van der Waals surface area (Å²) in [6.07, 6.45) is 5.58. The summed E-state index contributed by atoms with van der Waals surface area (Å²) < 4.78 is 11.5. The van der Waals surface area contributed by atoms with E-state index >= 15 is 0 Å². The Balaban J connectivity index is 1.48. The van der Waals surface area contributed by atoms with Crippen LogP contribution in [-0.4, -0.2) is 19.3 Å². The fourth-order valence-electron chi connectivity index (χ4n) is 6.71. The summed E-state index contributed by atoms with van der Waals surface area (Å²) in [5.41, 5.74) is 6.51. The lowest BCUT2D eigenvalue weighted by Gasteiger charge is -2.33. The molecular formula is C42H41O3P2. The minimum atomic E-state index is -1.05. The highest BCUT2D eigenvalue weighted by atomic mass is 31.1. The first-order chi connectivity index (χ1) is 22.8. The second-order valence-corrected chi connectivity index (χ2v) is 16.3. The van der Waals surface area contributed by atoms with E-state index in [2.05, 4.69) is 150 Å². The molecule has 47 heavy (non-hydrogen) atoms. The average molecular weight is 656 g/mol. The number of rotatable bonds is 10. The molecule has 5 aromatic rings. The zero-order valence-corrected chi connectivity index (χ0v) is 29.6. The molecule has 1 atom stereocenters. The van der Waals surface area contributed by atoms with Crippen molar-refractivity contribution < 1.29 is 14.6 Å². The molecule has 6 rings (SSSR count). The molecule has 1 fully saturated rings. The van der Waals surface area contributed by atoms with Crippen molar-refractivity contribution in [2.45, 2.75) is 33.8 Å². The number of aryl methyl sites for hydroxylation is 4. The Labute approximate surface area is 283 Å². The maximum Gasteiger partial charge on any atom is 0.124 e. The number of hydrogen-bond donors (Lipinski definition) is 1. The zero-order valence-electron chi connectivity index (χ0n) is 27.9. The van der Waals surface area contributed by atoms with Crippen LogP contribution < -0.4 is 36.0 Å². The van der Waals surface area contributed by atoms with Crippen LogP contribution in [0.15, 0.2) is 109 Å². The lowest BCUT2D eigenvalue weighted by Crippen LogP contribution is -2.28. The van der Waals surface area contributed by atoms with Gasteiger partial charge >= 0.3 is 0 Å². The van der Waals surface area contributed by atoms with Gasteiger partial charge in [0.25, 0.3) is 0 Å². The number of aliphatic hydroxyl groups excluding tert-OH is 1. The van der Waals surface area contributed by atoms with E-state index in [4.69, 9.17) is 9.47 Å². The van der Waals surface area contributed by atoms with Crippen LogP contribution in [0.3, 0.4) is 0 Å². The van der Waals surface area contributed by atoms with E-state index in [9.17, 15) is 5.11 Å². The fraction of sp³-hybridized carbons (Fsp3) is 0.167. The third kappa shape index (κ3) is 6.77. The van der Waals surface area contributed by atoms with Crippen molar-refractivity contribution in [3.8, 4) is 11.5 Å². The normalized spacial score (nSPS) is 14.6. The Morgan fingerprint density at radius 2 is 0.979 bits per heavy atom. The van der Waals surface area contributed by atoms with Gasteiger partial charge in [-0.2, -0.15) is 0 Å². The summed E-state index contributed by atoms with van der Waals surface area (Å²) in [7, 11) is 1.54. The molecule has 5 radical (unpaired) electrons. The first-order valence-electron chi connectivity index (χ1n) is 15.9. The molecule has 5 heteroatoms. The highest BCUT2D eigenvalue weighted by Crippen LogP contribution is 2.59. The topological polar surface area (TPSA) is 38.7 Å². The molecule has 0 heterocycles. The van der Waals surface area contributed by atoms with Gasteiger partial charge in [-0.1, -0.05) is 84.9 Å². The van der Waals surface area contributed by atoms with E-state index in [1.165, 1.54) is 26.9 Å². The van der Waals surface area contributed by atoms with Gasteiger partial charge in [-0.3, -0.25) is 0 Å². The molecule has 0 aliphatic heterocycles. The first-order valence-corrected chi connectivity index (χ1v) is 18.5. The molecule has 0 saturated heterocycles. The molecule has 237 valence electrons. The molecule has 1 N–H and O–H groups in total. The molecule has 0 bridgehead atoms. The summed E-state index contributed by atoms with van der Waals surface area (Å²) in [6.45, 7) is 8.44. The van der Waals surface area contributed by atoms with E-state index in [1.54, 1.807) is 14.2 Å². The van der Waals surface area contributed by atoms with Crippen molar-refractivity contribution >= 4 is 42.4 Å². The SMILES string of the molecule is COc1c(C)cc(P(c2cc(C)c(OC)c(C)c2)c2ccccc2C(O)[C]2[CH][CH][CH][C]2P(c2ccccc2)c2ccccc2)cc1C. The maximum atomic E-state index is 12.5. The van der Waals surface area contributed by atoms with E-state index in [0.29, 0.717) is 0 Å². The Bertz CT molecular complexity index is 1680. The predicted molar refractivity (Wildman–Crippen MR) is 201 cm³/mol. The van der Waals surface area contributed by atoms with Crippen LogP contribution in [0.4, 0.5) is 0 Å². The number of ether oxygens (including phenoxy) is 2. The number of benzene rings is 5. The highest BCUT2D eigenvalue weighted by Gasteiger charge is 2.42. The van der Waals surface area contributed by atoms with Gasteiger partial charge in [-0.15, -0.1) is 0 Å². The fourth-order valence-corrected chi connectivity index (χ4v) is 12.0. The summed E-state index contributed by atoms with van der Waals surface area (Å²) in [6, 6.07) is 38.8. The van der Waals surface area contributed by atoms with Gasteiger partial charge in [0.05, 0.1) is 20.3 Å². The van der Waals surface area contributed by atoms with Gasteiger partial charge in [0.2, 0.25) is 0 Å². The van der Waals surface area contributed by atoms with Crippen molar-refractivity contribution in [1.82, 2.24) is 0 Å². The predicted octanol–water partition coefficient (Wildman–Crippen LogP) is 7.59. The summed E-state index contributed by atoms with van der Waals surface area (Å²) in [5.74, 6) is 2.78.